The molecule has 0 radical (unpaired) electrons. The summed E-state index contributed by atoms with van der Waals surface area (Å²) in [6, 6.07) is 4.57. The van der Waals surface area contributed by atoms with Crippen LogP contribution in [-0.4, -0.2) is 18.5 Å². The molecule has 0 saturated carbocycles. The van der Waals surface area contributed by atoms with Crippen molar-refractivity contribution >= 4 is 17.6 Å². The standard InChI is InChI=1S/C11H12F3NO.C4H8O2/c1-7(2)10(16)15-9-5-3-4-8(6-9)11(12,13)14;1-3-6-4(2)5/h3-7H,1-2H3,(H,15,16);3H2,1-2H3. The molecule has 1 aromatic rings. The van der Waals surface area contributed by atoms with E-state index in [1.807, 2.05) is 0 Å². The van der Waals surface area contributed by atoms with E-state index in [0.717, 1.165) is 12.1 Å². The molecule has 1 rings (SSSR count). The molecule has 0 aliphatic carbocycles. The lowest BCUT2D eigenvalue weighted by atomic mass is 10.1. The molecule has 1 N–H and O–H groups in total. The first-order valence-electron chi connectivity index (χ1n) is 6.69. The van der Waals surface area contributed by atoms with Crippen molar-refractivity contribution < 1.29 is 27.5 Å². The molecule has 22 heavy (non-hydrogen) atoms. The summed E-state index contributed by atoms with van der Waals surface area (Å²) >= 11 is 0. The third kappa shape index (κ3) is 8.28. The average Bonchev–Trinajstić information content (AvgIpc) is 2.38. The van der Waals surface area contributed by atoms with Gasteiger partial charge in [0.25, 0.3) is 0 Å². The van der Waals surface area contributed by atoms with Crippen molar-refractivity contribution in [3.05, 3.63) is 29.8 Å². The van der Waals surface area contributed by atoms with Crippen LogP contribution >= 0.6 is 0 Å². The zero-order valence-corrected chi connectivity index (χ0v) is 13.0. The van der Waals surface area contributed by atoms with Crippen molar-refractivity contribution in [1.29, 1.82) is 0 Å². The highest BCUT2D eigenvalue weighted by Gasteiger charge is 2.30. The highest BCUT2D eigenvalue weighted by molar-refractivity contribution is 5.92. The normalized spacial score (nSPS) is 10.5. The highest BCUT2D eigenvalue weighted by atomic mass is 19.4. The van der Waals surface area contributed by atoms with Crippen molar-refractivity contribution in [3.63, 3.8) is 0 Å². The Hall–Kier alpha value is -2.05. The second kappa shape index (κ2) is 9.07. The lowest BCUT2D eigenvalue weighted by Crippen LogP contribution is -2.18. The maximum absolute atomic E-state index is 12.4. The molecule has 0 aliphatic rings. The Bertz CT molecular complexity index is 499. The number of esters is 1. The number of anilines is 1. The van der Waals surface area contributed by atoms with Gasteiger partial charge in [-0.05, 0) is 25.1 Å². The SMILES string of the molecule is CC(C)C(=O)Nc1cccc(C(F)(F)F)c1.CCOC(C)=O. The van der Waals surface area contributed by atoms with E-state index in [-0.39, 0.29) is 23.5 Å². The Morgan fingerprint density at radius 2 is 1.86 bits per heavy atom. The van der Waals surface area contributed by atoms with Crippen molar-refractivity contribution in [1.82, 2.24) is 0 Å². The van der Waals surface area contributed by atoms with Gasteiger partial charge in [-0.3, -0.25) is 9.59 Å². The second-order valence-corrected chi connectivity index (χ2v) is 4.65. The minimum atomic E-state index is -4.39. The third-order valence-electron chi connectivity index (χ3n) is 2.33. The van der Waals surface area contributed by atoms with E-state index in [2.05, 4.69) is 10.1 Å². The fraction of sp³-hybridized carbons (Fsp3) is 0.467. The van der Waals surface area contributed by atoms with Gasteiger partial charge < -0.3 is 10.1 Å². The van der Waals surface area contributed by atoms with Gasteiger partial charge in [-0.2, -0.15) is 13.2 Å². The van der Waals surface area contributed by atoms with Crippen molar-refractivity contribution in [2.45, 2.75) is 33.9 Å². The number of nitrogens with one attached hydrogen (secondary N) is 1. The van der Waals surface area contributed by atoms with Gasteiger partial charge in [-0.25, -0.2) is 0 Å². The van der Waals surface area contributed by atoms with Crippen LogP contribution in [0.2, 0.25) is 0 Å². The van der Waals surface area contributed by atoms with E-state index in [9.17, 15) is 22.8 Å². The molecule has 4 nitrogen and oxygen atoms in total. The number of ether oxygens (including phenoxy) is 1. The molecule has 0 aromatic heterocycles. The van der Waals surface area contributed by atoms with Gasteiger partial charge in [0, 0.05) is 18.5 Å². The van der Waals surface area contributed by atoms with Crippen molar-refractivity contribution in [2.75, 3.05) is 11.9 Å². The summed E-state index contributed by atoms with van der Waals surface area (Å²) in [5.74, 6) is -0.786. The lowest BCUT2D eigenvalue weighted by Gasteiger charge is -2.10. The molecule has 124 valence electrons. The molecule has 0 aliphatic heterocycles. The van der Waals surface area contributed by atoms with E-state index in [4.69, 9.17) is 0 Å². The smallest absolute Gasteiger partial charge is 0.416 e. The molecule has 0 saturated heterocycles. The van der Waals surface area contributed by atoms with E-state index in [1.54, 1.807) is 20.8 Å². The molecule has 1 aromatic carbocycles. The average molecular weight is 319 g/mol. The molecule has 7 heteroatoms. The van der Waals surface area contributed by atoms with E-state index in [0.29, 0.717) is 6.61 Å². The number of rotatable bonds is 3. The summed E-state index contributed by atoms with van der Waals surface area (Å²) in [6.07, 6.45) is -4.39. The minimum absolute atomic E-state index is 0.161. The van der Waals surface area contributed by atoms with Crippen LogP contribution < -0.4 is 5.32 Å². The van der Waals surface area contributed by atoms with E-state index in [1.165, 1.54) is 19.1 Å². The molecular formula is C15H20F3NO3. The maximum Gasteiger partial charge on any atom is 0.416 e. The minimum Gasteiger partial charge on any atom is -0.466 e. The number of amides is 1. The van der Waals surface area contributed by atoms with Crippen LogP contribution in [0, 0.1) is 5.92 Å². The summed E-state index contributed by atoms with van der Waals surface area (Å²) in [5, 5.41) is 2.41. The first-order chi connectivity index (χ1) is 10.1. The second-order valence-electron chi connectivity index (χ2n) is 4.65. The predicted molar refractivity (Wildman–Crippen MR) is 77.2 cm³/mol. The van der Waals surface area contributed by atoms with Crippen LogP contribution in [0.15, 0.2) is 24.3 Å². The molecule has 0 unspecified atom stereocenters. The molecule has 0 fully saturated rings. The first-order valence-corrected chi connectivity index (χ1v) is 6.69. The molecule has 0 atom stereocenters. The zero-order chi connectivity index (χ0) is 17.3. The maximum atomic E-state index is 12.4. The lowest BCUT2D eigenvalue weighted by molar-refractivity contribution is -0.140. The fourth-order valence-corrected chi connectivity index (χ4v) is 1.26. The van der Waals surface area contributed by atoms with Gasteiger partial charge in [0.05, 0.1) is 12.2 Å². The Balaban J connectivity index is 0.000000626. The highest BCUT2D eigenvalue weighted by Crippen LogP contribution is 2.30. The van der Waals surface area contributed by atoms with E-state index >= 15 is 0 Å². The number of halogens is 3. The predicted octanol–water partition coefficient (Wildman–Crippen LogP) is 3.87. The Morgan fingerprint density at radius 1 is 1.27 bits per heavy atom. The van der Waals surface area contributed by atoms with Crippen LogP contribution in [0.4, 0.5) is 18.9 Å². The van der Waals surface area contributed by atoms with Crippen LogP contribution in [-0.2, 0) is 20.5 Å². The van der Waals surface area contributed by atoms with Crippen molar-refractivity contribution in [3.8, 4) is 0 Å². The van der Waals surface area contributed by atoms with Gasteiger partial charge in [0.2, 0.25) is 5.91 Å². The molecule has 1 amide bonds. The monoisotopic (exact) mass is 319 g/mol. The summed E-state index contributed by atoms with van der Waals surface area (Å²) in [7, 11) is 0. The third-order valence-corrected chi connectivity index (χ3v) is 2.33. The van der Waals surface area contributed by atoms with Gasteiger partial charge in [-0.15, -0.1) is 0 Å². The number of carbonyl (C=O) groups excluding carboxylic acids is 2. The number of hydrogen-bond donors (Lipinski definition) is 1. The molecule has 0 bridgehead atoms. The zero-order valence-electron chi connectivity index (χ0n) is 13.0. The van der Waals surface area contributed by atoms with Crippen molar-refractivity contribution in [2.24, 2.45) is 5.92 Å². The number of carbonyl (C=O) groups is 2. The Morgan fingerprint density at radius 3 is 2.23 bits per heavy atom. The summed E-state index contributed by atoms with van der Waals surface area (Å²) in [4.78, 5) is 21.1. The summed E-state index contributed by atoms with van der Waals surface area (Å²) < 4.78 is 41.5. The number of alkyl halides is 3. The quantitative estimate of drug-likeness (QED) is 0.861. The first kappa shape index (κ1) is 19.9. The fourth-order valence-electron chi connectivity index (χ4n) is 1.26. The van der Waals surface area contributed by atoms with Crippen LogP contribution in [0.1, 0.15) is 33.3 Å². The summed E-state index contributed by atoms with van der Waals surface area (Å²) in [6.45, 7) is 6.99. The molecule has 0 spiro atoms. The van der Waals surface area contributed by atoms with Crippen LogP contribution in [0.3, 0.4) is 0 Å². The molecular weight excluding hydrogens is 299 g/mol. The van der Waals surface area contributed by atoms with Gasteiger partial charge in [0.15, 0.2) is 0 Å². The Kier molecular flexibility index (Phi) is 8.22. The number of benzene rings is 1. The largest absolute Gasteiger partial charge is 0.466 e. The van der Waals surface area contributed by atoms with Gasteiger partial charge >= 0.3 is 12.1 Å². The van der Waals surface area contributed by atoms with Crippen LogP contribution in [0.5, 0.6) is 0 Å². The molecule has 0 heterocycles. The summed E-state index contributed by atoms with van der Waals surface area (Å²) in [5.41, 5.74) is -0.609. The number of hydrogen-bond acceptors (Lipinski definition) is 3. The van der Waals surface area contributed by atoms with Gasteiger partial charge in [0.1, 0.15) is 0 Å². The van der Waals surface area contributed by atoms with Gasteiger partial charge in [-0.1, -0.05) is 19.9 Å². The van der Waals surface area contributed by atoms with Crippen LogP contribution in [0.25, 0.3) is 0 Å². The Labute approximate surface area is 127 Å². The van der Waals surface area contributed by atoms with E-state index < -0.39 is 11.7 Å². The topological polar surface area (TPSA) is 55.4 Å².